The van der Waals surface area contributed by atoms with Crippen molar-refractivity contribution in [1.82, 2.24) is 0 Å². The number of ether oxygens (including phenoxy) is 1. The molecule has 80 valence electrons. The van der Waals surface area contributed by atoms with Crippen LogP contribution in [0.1, 0.15) is 25.8 Å². The lowest BCUT2D eigenvalue weighted by Gasteiger charge is -2.08. The highest BCUT2D eigenvalue weighted by Crippen LogP contribution is 2.04. The molecule has 0 aliphatic carbocycles. The normalized spacial score (nSPS) is 12.7. The molecule has 1 aromatic rings. The summed E-state index contributed by atoms with van der Waals surface area (Å²) in [5.74, 6) is -0.226. The summed E-state index contributed by atoms with van der Waals surface area (Å²) in [6, 6.07) is 10.0. The van der Waals surface area contributed by atoms with Crippen LogP contribution in [0.15, 0.2) is 36.4 Å². The summed E-state index contributed by atoms with van der Waals surface area (Å²) in [6.45, 7) is 3.31. The molecule has 0 saturated heterocycles. The van der Waals surface area contributed by atoms with Crippen LogP contribution >= 0.6 is 0 Å². The highest BCUT2D eigenvalue weighted by Gasteiger charge is 2.01. The number of hydrogen-bond acceptors (Lipinski definition) is 2. The van der Waals surface area contributed by atoms with Gasteiger partial charge in [-0.2, -0.15) is 0 Å². The molecule has 0 amide bonds. The van der Waals surface area contributed by atoms with Crippen molar-refractivity contribution in [2.45, 2.75) is 26.4 Å². The molecule has 0 aliphatic heterocycles. The molecule has 0 aliphatic rings. The Morgan fingerprint density at radius 2 is 2.07 bits per heavy atom. The second-order valence-electron chi connectivity index (χ2n) is 3.47. The van der Waals surface area contributed by atoms with Crippen LogP contribution in [0, 0.1) is 0 Å². The molecule has 1 atom stereocenters. The molecule has 1 aromatic carbocycles. The van der Waals surface area contributed by atoms with E-state index in [9.17, 15) is 4.79 Å². The highest BCUT2D eigenvalue weighted by molar-refractivity contribution is 5.66. The maximum Gasteiger partial charge on any atom is 0.302 e. The number of benzene rings is 1. The van der Waals surface area contributed by atoms with Gasteiger partial charge in [-0.3, -0.25) is 4.79 Å². The molecule has 1 unspecified atom stereocenters. The Hall–Kier alpha value is -1.57. The van der Waals surface area contributed by atoms with E-state index in [0.717, 1.165) is 12.0 Å². The van der Waals surface area contributed by atoms with Crippen LogP contribution < -0.4 is 0 Å². The van der Waals surface area contributed by atoms with Gasteiger partial charge < -0.3 is 4.74 Å². The van der Waals surface area contributed by atoms with Gasteiger partial charge in [-0.1, -0.05) is 42.5 Å². The van der Waals surface area contributed by atoms with E-state index in [2.05, 4.69) is 0 Å². The van der Waals surface area contributed by atoms with Crippen molar-refractivity contribution in [1.29, 1.82) is 0 Å². The van der Waals surface area contributed by atoms with Crippen LogP contribution in [0.5, 0.6) is 0 Å². The Balaban J connectivity index is 2.37. The molecule has 2 heteroatoms. The molecule has 0 aromatic heterocycles. The summed E-state index contributed by atoms with van der Waals surface area (Å²) in [4.78, 5) is 10.6. The third-order valence-corrected chi connectivity index (χ3v) is 1.95. The van der Waals surface area contributed by atoms with Gasteiger partial charge in [0.1, 0.15) is 6.10 Å². The van der Waals surface area contributed by atoms with Gasteiger partial charge in [-0.05, 0) is 12.5 Å². The first kappa shape index (κ1) is 11.5. The summed E-state index contributed by atoms with van der Waals surface area (Å²) in [5, 5.41) is 0. The van der Waals surface area contributed by atoms with E-state index in [1.54, 1.807) is 0 Å². The molecule has 0 spiro atoms. The number of hydrogen-bond donors (Lipinski definition) is 0. The average Bonchev–Trinajstić information content (AvgIpc) is 2.18. The van der Waals surface area contributed by atoms with Crippen molar-refractivity contribution < 1.29 is 9.53 Å². The Kier molecular flexibility index (Phi) is 4.61. The molecule has 2 nitrogen and oxygen atoms in total. The largest absolute Gasteiger partial charge is 0.463 e. The zero-order chi connectivity index (χ0) is 11.1. The standard InChI is InChI=1S/C13H16O2/c1-11(15-12(2)14)7-6-10-13-8-4-3-5-9-13/h3-6,8-11H,7H2,1-2H3. The molecule has 0 fully saturated rings. The van der Waals surface area contributed by atoms with E-state index in [1.165, 1.54) is 6.92 Å². The van der Waals surface area contributed by atoms with Gasteiger partial charge >= 0.3 is 5.97 Å². The summed E-state index contributed by atoms with van der Waals surface area (Å²) < 4.78 is 5.00. The predicted molar refractivity (Wildman–Crippen MR) is 61.3 cm³/mol. The third kappa shape index (κ3) is 5.01. The maximum absolute atomic E-state index is 10.6. The molecule has 15 heavy (non-hydrogen) atoms. The molecular formula is C13H16O2. The zero-order valence-electron chi connectivity index (χ0n) is 9.14. The molecule has 1 rings (SSSR count). The van der Waals surface area contributed by atoms with E-state index >= 15 is 0 Å². The van der Waals surface area contributed by atoms with Crippen LogP contribution in [0.2, 0.25) is 0 Å². The van der Waals surface area contributed by atoms with Gasteiger partial charge in [0, 0.05) is 13.3 Å². The van der Waals surface area contributed by atoms with Gasteiger partial charge in [0.15, 0.2) is 0 Å². The van der Waals surface area contributed by atoms with Crippen molar-refractivity contribution in [2.75, 3.05) is 0 Å². The van der Waals surface area contributed by atoms with Crippen molar-refractivity contribution in [3.05, 3.63) is 42.0 Å². The molecular weight excluding hydrogens is 188 g/mol. The van der Waals surface area contributed by atoms with Crippen molar-refractivity contribution >= 4 is 12.0 Å². The molecule has 0 N–H and O–H groups in total. The van der Waals surface area contributed by atoms with Gasteiger partial charge in [-0.25, -0.2) is 0 Å². The predicted octanol–water partition coefficient (Wildman–Crippen LogP) is 3.04. The molecule has 0 radical (unpaired) electrons. The molecule has 0 saturated carbocycles. The van der Waals surface area contributed by atoms with E-state index in [-0.39, 0.29) is 12.1 Å². The fourth-order valence-corrected chi connectivity index (χ4v) is 1.29. The van der Waals surface area contributed by atoms with E-state index in [1.807, 2.05) is 49.4 Å². The Morgan fingerprint density at radius 1 is 1.40 bits per heavy atom. The Morgan fingerprint density at radius 3 is 2.67 bits per heavy atom. The Bertz CT molecular complexity index is 328. The first-order valence-corrected chi connectivity index (χ1v) is 5.07. The van der Waals surface area contributed by atoms with Crippen molar-refractivity contribution in [3.8, 4) is 0 Å². The minimum atomic E-state index is -0.226. The first-order valence-electron chi connectivity index (χ1n) is 5.07. The fourth-order valence-electron chi connectivity index (χ4n) is 1.29. The number of carbonyl (C=O) groups excluding carboxylic acids is 1. The lowest BCUT2D eigenvalue weighted by Crippen LogP contribution is -2.10. The van der Waals surface area contributed by atoms with E-state index in [0.29, 0.717) is 0 Å². The first-order chi connectivity index (χ1) is 7.18. The number of carbonyl (C=O) groups is 1. The van der Waals surface area contributed by atoms with Crippen molar-refractivity contribution in [3.63, 3.8) is 0 Å². The topological polar surface area (TPSA) is 26.3 Å². The summed E-state index contributed by atoms with van der Waals surface area (Å²) in [7, 11) is 0. The molecule has 0 heterocycles. The van der Waals surface area contributed by atoms with E-state index < -0.39 is 0 Å². The quantitative estimate of drug-likeness (QED) is 0.705. The van der Waals surface area contributed by atoms with Gasteiger partial charge in [0.2, 0.25) is 0 Å². The summed E-state index contributed by atoms with van der Waals surface area (Å²) >= 11 is 0. The van der Waals surface area contributed by atoms with Gasteiger partial charge in [-0.15, -0.1) is 0 Å². The van der Waals surface area contributed by atoms with Crippen LogP contribution in [-0.2, 0) is 9.53 Å². The third-order valence-electron chi connectivity index (χ3n) is 1.95. The smallest absolute Gasteiger partial charge is 0.302 e. The second-order valence-corrected chi connectivity index (χ2v) is 3.47. The number of esters is 1. The van der Waals surface area contributed by atoms with E-state index in [4.69, 9.17) is 4.74 Å². The van der Waals surface area contributed by atoms with Gasteiger partial charge in [0.25, 0.3) is 0 Å². The Labute approximate surface area is 90.6 Å². The minimum Gasteiger partial charge on any atom is -0.463 e. The SMILES string of the molecule is CC(=O)OC(C)CC=Cc1ccccc1. The van der Waals surface area contributed by atoms with Crippen LogP contribution in [0.4, 0.5) is 0 Å². The highest BCUT2D eigenvalue weighted by atomic mass is 16.5. The lowest BCUT2D eigenvalue weighted by atomic mass is 10.2. The average molecular weight is 204 g/mol. The lowest BCUT2D eigenvalue weighted by molar-refractivity contribution is -0.145. The minimum absolute atomic E-state index is 0.0533. The fraction of sp³-hybridized carbons (Fsp3) is 0.308. The second kappa shape index (κ2) is 6.02. The molecule has 0 bridgehead atoms. The monoisotopic (exact) mass is 204 g/mol. The zero-order valence-corrected chi connectivity index (χ0v) is 9.14. The van der Waals surface area contributed by atoms with Crippen LogP contribution in [0.3, 0.4) is 0 Å². The maximum atomic E-state index is 10.6. The van der Waals surface area contributed by atoms with Gasteiger partial charge in [0.05, 0.1) is 0 Å². The summed E-state index contributed by atoms with van der Waals surface area (Å²) in [5.41, 5.74) is 1.16. The van der Waals surface area contributed by atoms with Crippen molar-refractivity contribution in [2.24, 2.45) is 0 Å². The summed E-state index contributed by atoms with van der Waals surface area (Å²) in [6.07, 6.45) is 4.74. The van der Waals surface area contributed by atoms with Crippen LogP contribution in [0.25, 0.3) is 6.08 Å². The number of rotatable bonds is 4. The van der Waals surface area contributed by atoms with Crippen LogP contribution in [-0.4, -0.2) is 12.1 Å².